The van der Waals surface area contributed by atoms with Gasteiger partial charge in [-0.1, -0.05) is 37.3 Å². The molecule has 144 valence electrons. The molecule has 6 heteroatoms. The highest BCUT2D eigenvalue weighted by atomic mass is 32.1. The number of nitrogens with one attached hydrogen (secondary N) is 1. The molecule has 0 aliphatic carbocycles. The van der Waals surface area contributed by atoms with Crippen LogP contribution in [0.25, 0.3) is 0 Å². The van der Waals surface area contributed by atoms with Crippen LogP contribution in [0.5, 0.6) is 0 Å². The Morgan fingerprint density at radius 1 is 1.22 bits per heavy atom. The predicted molar refractivity (Wildman–Crippen MR) is 107 cm³/mol. The smallest absolute Gasteiger partial charge is 0.261 e. The molecule has 3 rings (SSSR count). The number of carbonyl (C=O) groups is 2. The fourth-order valence-corrected chi connectivity index (χ4v) is 4.26. The summed E-state index contributed by atoms with van der Waals surface area (Å²) in [6.07, 6.45) is 0.554. The minimum absolute atomic E-state index is 0.0217. The van der Waals surface area contributed by atoms with Crippen molar-refractivity contribution in [3.8, 4) is 0 Å². The number of rotatable bonds is 6. The Morgan fingerprint density at radius 2 is 1.96 bits per heavy atom. The summed E-state index contributed by atoms with van der Waals surface area (Å²) in [6.45, 7) is 4.64. The Kier molecular flexibility index (Phi) is 6.29. The van der Waals surface area contributed by atoms with E-state index in [2.05, 4.69) is 12.2 Å². The van der Waals surface area contributed by atoms with Crippen molar-refractivity contribution in [1.29, 1.82) is 0 Å². The second kappa shape index (κ2) is 8.67. The van der Waals surface area contributed by atoms with Crippen LogP contribution < -0.4 is 5.32 Å². The molecule has 0 spiro atoms. The lowest BCUT2D eigenvalue weighted by molar-refractivity contribution is -0.131. The monoisotopic (exact) mass is 386 g/mol. The van der Waals surface area contributed by atoms with Crippen molar-refractivity contribution in [3.05, 3.63) is 57.8 Å². The summed E-state index contributed by atoms with van der Waals surface area (Å²) >= 11 is 1.42. The number of amides is 2. The van der Waals surface area contributed by atoms with E-state index in [0.717, 1.165) is 16.9 Å². The number of carbonyl (C=O) groups excluding carboxylic acids is 2. The number of hydrogen-bond acceptors (Lipinski definition) is 4. The number of aliphatic hydroxyl groups is 1. The lowest BCUT2D eigenvalue weighted by Gasteiger charge is -2.21. The molecule has 1 aromatic carbocycles. The number of aryl methyl sites for hydroxylation is 1. The van der Waals surface area contributed by atoms with E-state index in [0.29, 0.717) is 17.8 Å². The van der Waals surface area contributed by atoms with Gasteiger partial charge in [-0.25, -0.2) is 0 Å². The zero-order valence-corrected chi connectivity index (χ0v) is 16.5. The van der Waals surface area contributed by atoms with E-state index in [1.807, 2.05) is 43.3 Å². The minimum atomic E-state index is -0.740. The van der Waals surface area contributed by atoms with Crippen LogP contribution in [0.2, 0.25) is 0 Å². The van der Waals surface area contributed by atoms with Gasteiger partial charge >= 0.3 is 0 Å². The first-order chi connectivity index (χ1) is 13.0. The number of aliphatic hydroxyl groups excluding tert-OH is 1. The first kappa shape index (κ1) is 19.6. The number of thiophene rings is 1. The zero-order valence-electron chi connectivity index (χ0n) is 15.7. The summed E-state index contributed by atoms with van der Waals surface area (Å²) in [5.41, 5.74) is 1.16. The van der Waals surface area contributed by atoms with Gasteiger partial charge in [-0.3, -0.25) is 9.59 Å². The first-order valence-corrected chi connectivity index (χ1v) is 10.2. The third-order valence-electron chi connectivity index (χ3n) is 5.11. The fourth-order valence-electron chi connectivity index (χ4n) is 3.49. The van der Waals surface area contributed by atoms with Gasteiger partial charge in [-0.05, 0) is 37.0 Å². The van der Waals surface area contributed by atoms with E-state index >= 15 is 0 Å². The topological polar surface area (TPSA) is 69.6 Å². The van der Waals surface area contributed by atoms with Gasteiger partial charge in [0.15, 0.2) is 0 Å². The van der Waals surface area contributed by atoms with Crippen LogP contribution in [0.1, 0.15) is 45.8 Å². The van der Waals surface area contributed by atoms with Crippen molar-refractivity contribution < 1.29 is 14.7 Å². The van der Waals surface area contributed by atoms with Crippen LogP contribution in [-0.2, 0) is 4.79 Å². The Hall–Kier alpha value is -2.18. The average Bonchev–Trinajstić information content (AvgIpc) is 3.26. The largest absolute Gasteiger partial charge is 0.389 e. The van der Waals surface area contributed by atoms with Gasteiger partial charge in [0.2, 0.25) is 5.91 Å². The van der Waals surface area contributed by atoms with E-state index in [4.69, 9.17) is 0 Å². The van der Waals surface area contributed by atoms with Gasteiger partial charge in [0.05, 0.1) is 17.0 Å². The van der Waals surface area contributed by atoms with Gasteiger partial charge in [-0.15, -0.1) is 11.3 Å². The van der Waals surface area contributed by atoms with Crippen LogP contribution in [-0.4, -0.2) is 47.1 Å². The van der Waals surface area contributed by atoms with E-state index in [9.17, 15) is 14.7 Å². The lowest BCUT2D eigenvalue weighted by Crippen LogP contribution is -2.42. The molecule has 1 aromatic heterocycles. The number of hydrogen-bond donors (Lipinski definition) is 2. The molecule has 1 fully saturated rings. The van der Waals surface area contributed by atoms with E-state index in [-0.39, 0.29) is 24.3 Å². The molecule has 0 bridgehead atoms. The second-order valence-corrected chi connectivity index (χ2v) is 8.36. The van der Waals surface area contributed by atoms with Gasteiger partial charge in [0.25, 0.3) is 5.91 Å². The van der Waals surface area contributed by atoms with Crippen LogP contribution >= 0.6 is 11.3 Å². The first-order valence-electron chi connectivity index (χ1n) is 9.36. The highest BCUT2D eigenvalue weighted by Crippen LogP contribution is 2.25. The van der Waals surface area contributed by atoms with Gasteiger partial charge < -0.3 is 15.3 Å². The fraction of sp³-hybridized carbons (Fsp3) is 0.429. The molecule has 1 aliphatic heterocycles. The maximum absolute atomic E-state index is 12.7. The normalized spacial score (nSPS) is 20.5. The van der Waals surface area contributed by atoms with E-state index in [1.54, 1.807) is 11.0 Å². The molecule has 5 nitrogen and oxygen atoms in total. The summed E-state index contributed by atoms with van der Waals surface area (Å²) in [7, 11) is 0. The van der Waals surface area contributed by atoms with Crippen molar-refractivity contribution in [3.63, 3.8) is 0 Å². The molecule has 2 aromatic rings. The van der Waals surface area contributed by atoms with Crippen LogP contribution in [0.15, 0.2) is 42.5 Å². The molecular formula is C21H26N2O3S. The Balaban J connectivity index is 1.58. The van der Waals surface area contributed by atoms with Crippen molar-refractivity contribution >= 4 is 23.2 Å². The summed E-state index contributed by atoms with van der Waals surface area (Å²) in [5.74, 6) is -0.00535. The number of nitrogens with zero attached hydrogens (tertiary/aromatic N) is 1. The maximum atomic E-state index is 12.7. The zero-order chi connectivity index (χ0) is 19.4. The van der Waals surface area contributed by atoms with Gasteiger partial charge in [-0.2, -0.15) is 0 Å². The van der Waals surface area contributed by atoms with E-state index in [1.165, 1.54) is 11.3 Å². The molecule has 1 saturated heterocycles. The van der Waals surface area contributed by atoms with Crippen LogP contribution in [0.3, 0.4) is 0 Å². The molecule has 2 amide bonds. The highest BCUT2D eigenvalue weighted by Gasteiger charge is 2.35. The molecule has 3 atom stereocenters. The van der Waals surface area contributed by atoms with E-state index < -0.39 is 12.1 Å². The molecule has 27 heavy (non-hydrogen) atoms. The van der Waals surface area contributed by atoms with Gasteiger partial charge in [0, 0.05) is 24.4 Å². The molecule has 0 saturated carbocycles. The number of benzene rings is 1. The van der Waals surface area contributed by atoms with Crippen molar-refractivity contribution in [2.45, 2.75) is 44.8 Å². The van der Waals surface area contributed by atoms with Crippen LogP contribution in [0.4, 0.5) is 0 Å². The third-order valence-corrected chi connectivity index (χ3v) is 6.11. The Labute approximate surface area is 164 Å². The number of likely N-dealkylation sites (tertiary alicyclic amines) is 1. The highest BCUT2D eigenvalue weighted by molar-refractivity contribution is 7.13. The van der Waals surface area contributed by atoms with Crippen LogP contribution in [0, 0.1) is 6.92 Å². The second-order valence-electron chi connectivity index (χ2n) is 7.08. The molecular weight excluding hydrogens is 360 g/mol. The standard InChI is InChI=1S/C21H26N2O3S/c1-3-15(16-7-5-4-6-8-16)11-20(25)23-12-17(18(24)13-23)22-21(26)19-10-9-14(2)27-19/h4-10,15,17-18,24H,3,11-13H2,1-2H3,(H,22,26)/t15?,17-,18-/m1/s1. The lowest BCUT2D eigenvalue weighted by atomic mass is 9.93. The molecule has 0 radical (unpaired) electrons. The Morgan fingerprint density at radius 3 is 2.59 bits per heavy atom. The Bertz CT molecular complexity index is 790. The summed E-state index contributed by atoms with van der Waals surface area (Å²) < 4.78 is 0. The van der Waals surface area contributed by atoms with Crippen molar-refractivity contribution in [2.24, 2.45) is 0 Å². The maximum Gasteiger partial charge on any atom is 0.261 e. The van der Waals surface area contributed by atoms with Crippen molar-refractivity contribution in [2.75, 3.05) is 13.1 Å². The number of β-amino-alcohol motifs (C(OH)–C–C–N with tert-alkyl or cyclic N) is 1. The minimum Gasteiger partial charge on any atom is -0.389 e. The average molecular weight is 387 g/mol. The summed E-state index contributed by atoms with van der Waals surface area (Å²) in [4.78, 5) is 28.4. The molecule has 1 unspecified atom stereocenters. The van der Waals surface area contributed by atoms with Gasteiger partial charge in [0.1, 0.15) is 0 Å². The van der Waals surface area contributed by atoms with Crippen molar-refractivity contribution in [1.82, 2.24) is 10.2 Å². The SMILES string of the molecule is CCC(CC(=O)N1C[C@@H](O)[C@H](NC(=O)c2ccc(C)s2)C1)c1ccccc1. The molecule has 1 aliphatic rings. The predicted octanol–water partition coefficient (Wildman–Crippen LogP) is 2.94. The summed E-state index contributed by atoms with van der Waals surface area (Å²) in [6, 6.07) is 13.3. The third kappa shape index (κ3) is 4.76. The quantitative estimate of drug-likeness (QED) is 0.802. The molecule has 2 heterocycles. The summed E-state index contributed by atoms with van der Waals surface area (Å²) in [5, 5.41) is 13.2. The molecule has 2 N–H and O–H groups in total.